The van der Waals surface area contributed by atoms with Gasteiger partial charge in [-0.1, -0.05) is 23.8 Å². The van der Waals surface area contributed by atoms with Crippen molar-refractivity contribution < 1.29 is 9.53 Å². The van der Waals surface area contributed by atoms with E-state index in [0.717, 1.165) is 36.4 Å². The maximum atomic E-state index is 12.1. The number of nitrogens with one attached hydrogen (secondary N) is 1. The van der Waals surface area contributed by atoms with E-state index >= 15 is 0 Å². The van der Waals surface area contributed by atoms with Gasteiger partial charge in [0.2, 0.25) is 5.91 Å². The number of aryl methyl sites for hydroxylation is 2. The summed E-state index contributed by atoms with van der Waals surface area (Å²) >= 11 is 0. The summed E-state index contributed by atoms with van der Waals surface area (Å²) in [5.74, 6) is 1.04. The summed E-state index contributed by atoms with van der Waals surface area (Å²) < 4.78 is 5.41. The SMILES string of the molecule is COc1c(C)cc(CN(C)CC(=O)NCCC2=CCCCC2)cc1C. The van der Waals surface area contributed by atoms with Crippen LogP contribution in [0, 0.1) is 13.8 Å². The summed E-state index contributed by atoms with van der Waals surface area (Å²) in [7, 11) is 3.69. The first kappa shape index (κ1) is 19.5. The average Bonchev–Trinajstić information content (AvgIpc) is 2.55. The number of likely N-dealkylation sites (N-methyl/N-ethyl adjacent to an activating group) is 1. The van der Waals surface area contributed by atoms with E-state index in [1.807, 2.05) is 7.05 Å². The molecule has 0 saturated heterocycles. The van der Waals surface area contributed by atoms with Crippen LogP contribution < -0.4 is 10.1 Å². The number of ether oxygens (including phenoxy) is 1. The first-order valence-corrected chi connectivity index (χ1v) is 9.27. The highest BCUT2D eigenvalue weighted by atomic mass is 16.5. The first-order valence-electron chi connectivity index (χ1n) is 9.27. The first-order chi connectivity index (χ1) is 12.0. The lowest BCUT2D eigenvalue weighted by molar-refractivity contribution is -0.122. The second kappa shape index (κ2) is 9.62. The summed E-state index contributed by atoms with van der Waals surface area (Å²) in [5, 5.41) is 3.05. The van der Waals surface area contributed by atoms with Gasteiger partial charge in [-0.3, -0.25) is 9.69 Å². The van der Waals surface area contributed by atoms with Gasteiger partial charge in [0.25, 0.3) is 0 Å². The molecule has 1 N–H and O–H groups in total. The zero-order chi connectivity index (χ0) is 18.2. The third kappa shape index (κ3) is 6.20. The van der Waals surface area contributed by atoms with Crippen LogP contribution in [-0.4, -0.2) is 38.1 Å². The molecule has 0 fully saturated rings. The summed E-state index contributed by atoms with van der Waals surface area (Å²) in [6.07, 6.45) is 8.34. The van der Waals surface area contributed by atoms with Crippen LogP contribution in [0.4, 0.5) is 0 Å². The molecule has 0 saturated carbocycles. The number of carbonyl (C=O) groups excluding carboxylic acids is 1. The van der Waals surface area contributed by atoms with Crippen molar-refractivity contribution in [3.63, 3.8) is 0 Å². The lowest BCUT2D eigenvalue weighted by atomic mass is 9.97. The fourth-order valence-electron chi connectivity index (χ4n) is 3.62. The van der Waals surface area contributed by atoms with E-state index in [4.69, 9.17) is 4.74 Å². The molecular weight excluding hydrogens is 312 g/mol. The van der Waals surface area contributed by atoms with Gasteiger partial charge in [0.1, 0.15) is 5.75 Å². The van der Waals surface area contributed by atoms with Gasteiger partial charge in [-0.2, -0.15) is 0 Å². The molecule has 138 valence electrons. The predicted octanol–water partition coefficient (Wildman–Crippen LogP) is 3.75. The number of methoxy groups -OCH3 is 1. The summed E-state index contributed by atoms with van der Waals surface area (Å²) in [5.41, 5.74) is 4.98. The van der Waals surface area contributed by atoms with Gasteiger partial charge >= 0.3 is 0 Å². The molecule has 0 heterocycles. The molecule has 0 radical (unpaired) electrons. The van der Waals surface area contributed by atoms with Gasteiger partial charge in [0, 0.05) is 13.1 Å². The minimum Gasteiger partial charge on any atom is -0.496 e. The van der Waals surface area contributed by atoms with Crippen LogP contribution in [0.1, 0.15) is 48.8 Å². The van der Waals surface area contributed by atoms with Crippen molar-refractivity contribution in [1.29, 1.82) is 0 Å². The number of hydrogen-bond acceptors (Lipinski definition) is 3. The van der Waals surface area contributed by atoms with Crippen molar-refractivity contribution >= 4 is 5.91 Å². The molecule has 0 aliphatic heterocycles. The Morgan fingerprint density at radius 2 is 1.96 bits per heavy atom. The van der Waals surface area contributed by atoms with Crippen LogP contribution in [0.25, 0.3) is 0 Å². The number of carbonyl (C=O) groups is 1. The summed E-state index contributed by atoms with van der Waals surface area (Å²) in [6, 6.07) is 4.27. The molecule has 2 rings (SSSR count). The largest absolute Gasteiger partial charge is 0.496 e. The molecule has 4 nitrogen and oxygen atoms in total. The molecule has 0 atom stereocenters. The Labute approximate surface area is 152 Å². The lowest BCUT2D eigenvalue weighted by Crippen LogP contribution is -2.35. The molecule has 1 amide bonds. The molecular formula is C21H32N2O2. The molecule has 25 heavy (non-hydrogen) atoms. The van der Waals surface area contributed by atoms with Crippen molar-refractivity contribution in [2.45, 2.75) is 52.5 Å². The van der Waals surface area contributed by atoms with Gasteiger partial charge in [-0.15, -0.1) is 0 Å². The molecule has 1 aromatic carbocycles. The highest BCUT2D eigenvalue weighted by Crippen LogP contribution is 2.24. The maximum Gasteiger partial charge on any atom is 0.234 e. The second-order valence-corrected chi connectivity index (χ2v) is 7.14. The van der Waals surface area contributed by atoms with Crippen molar-refractivity contribution in [2.24, 2.45) is 0 Å². The third-order valence-corrected chi connectivity index (χ3v) is 4.74. The second-order valence-electron chi connectivity index (χ2n) is 7.14. The smallest absolute Gasteiger partial charge is 0.234 e. The maximum absolute atomic E-state index is 12.1. The normalized spacial score (nSPS) is 14.4. The Morgan fingerprint density at radius 3 is 2.56 bits per heavy atom. The van der Waals surface area contributed by atoms with E-state index in [2.05, 4.69) is 42.3 Å². The molecule has 1 aliphatic carbocycles. The van der Waals surface area contributed by atoms with Gasteiger partial charge in [0.15, 0.2) is 0 Å². The number of rotatable bonds is 8. The van der Waals surface area contributed by atoms with Crippen LogP contribution in [0.5, 0.6) is 5.75 Å². The van der Waals surface area contributed by atoms with Gasteiger partial charge in [-0.05, 0) is 69.7 Å². The monoisotopic (exact) mass is 344 g/mol. The van der Waals surface area contributed by atoms with E-state index < -0.39 is 0 Å². The lowest BCUT2D eigenvalue weighted by Gasteiger charge is -2.18. The number of amides is 1. The van der Waals surface area contributed by atoms with E-state index in [1.165, 1.54) is 36.8 Å². The van der Waals surface area contributed by atoms with Gasteiger partial charge in [0.05, 0.1) is 13.7 Å². The number of allylic oxidation sites excluding steroid dienone is 1. The zero-order valence-corrected chi connectivity index (χ0v) is 16.2. The average molecular weight is 344 g/mol. The van der Waals surface area contributed by atoms with Crippen LogP contribution in [0.3, 0.4) is 0 Å². The quantitative estimate of drug-likeness (QED) is 0.730. The van der Waals surface area contributed by atoms with E-state index in [1.54, 1.807) is 7.11 Å². The Bertz CT molecular complexity index is 599. The number of nitrogens with zero attached hydrogens (tertiary/aromatic N) is 1. The molecule has 1 aromatic rings. The van der Waals surface area contributed by atoms with Crippen molar-refractivity contribution in [2.75, 3.05) is 27.2 Å². The van der Waals surface area contributed by atoms with E-state index in [9.17, 15) is 4.79 Å². The minimum absolute atomic E-state index is 0.0980. The van der Waals surface area contributed by atoms with Crippen molar-refractivity contribution in [3.05, 3.63) is 40.5 Å². The molecule has 0 bridgehead atoms. The highest BCUT2D eigenvalue weighted by molar-refractivity contribution is 5.77. The Kier molecular flexibility index (Phi) is 7.51. The number of hydrogen-bond donors (Lipinski definition) is 1. The zero-order valence-electron chi connectivity index (χ0n) is 16.2. The Morgan fingerprint density at radius 1 is 1.24 bits per heavy atom. The summed E-state index contributed by atoms with van der Waals surface area (Å²) in [6.45, 7) is 6.04. The molecule has 0 unspecified atom stereocenters. The Balaban J connectivity index is 1.76. The van der Waals surface area contributed by atoms with Crippen LogP contribution in [-0.2, 0) is 11.3 Å². The fourth-order valence-corrected chi connectivity index (χ4v) is 3.62. The van der Waals surface area contributed by atoms with Crippen LogP contribution >= 0.6 is 0 Å². The van der Waals surface area contributed by atoms with Crippen molar-refractivity contribution in [1.82, 2.24) is 10.2 Å². The van der Waals surface area contributed by atoms with E-state index in [-0.39, 0.29) is 5.91 Å². The van der Waals surface area contributed by atoms with Crippen LogP contribution in [0.2, 0.25) is 0 Å². The predicted molar refractivity (Wildman–Crippen MR) is 103 cm³/mol. The van der Waals surface area contributed by atoms with Crippen LogP contribution in [0.15, 0.2) is 23.8 Å². The fraction of sp³-hybridized carbons (Fsp3) is 0.571. The topological polar surface area (TPSA) is 41.6 Å². The molecule has 0 spiro atoms. The third-order valence-electron chi connectivity index (χ3n) is 4.74. The van der Waals surface area contributed by atoms with E-state index in [0.29, 0.717) is 6.54 Å². The standard InChI is InChI=1S/C21H32N2O2/c1-16-12-19(13-17(2)21(16)25-4)14-23(3)15-20(24)22-11-10-18-8-6-5-7-9-18/h8,12-13H,5-7,9-11,14-15H2,1-4H3,(H,22,24). The molecule has 4 heteroatoms. The molecule has 0 aromatic heterocycles. The molecule has 1 aliphatic rings. The van der Waals surface area contributed by atoms with Gasteiger partial charge < -0.3 is 10.1 Å². The summed E-state index contributed by atoms with van der Waals surface area (Å²) in [4.78, 5) is 14.2. The highest BCUT2D eigenvalue weighted by Gasteiger charge is 2.10. The van der Waals surface area contributed by atoms with Crippen molar-refractivity contribution in [3.8, 4) is 5.75 Å². The Hall–Kier alpha value is -1.81. The van der Waals surface area contributed by atoms with Gasteiger partial charge in [-0.25, -0.2) is 0 Å². The minimum atomic E-state index is 0.0980. The number of benzene rings is 1.